The van der Waals surface area contributed by atoms with E-state index >= 15 is 0 Å². The number of hydrogen-bond donors (Lipinski definition) is 3. The van der Waals surface area contributed by atoms with Crippen LogP contribution in [0, 0.1) is 0 Å². The van der Waals surface area contributed by atoms with Crippen LogP contribution in [0.1, 0.15) is 10.4 Å². The van der Waals surface area contributed by atoms with E-state index in [0.29, 0.717) is 13.1 Å². The third kappa shape index (κ3) is 2.54. The Morgan fingerprint density at radius 2 is 2.47 bits per heavy atom. The zero-order chi connectivity index (χ0) is 12.3. The van der Waals surface area contributed by atoms with Crippen LogP contribution in [0.25, 0.3) is 0 Å². The summed E-state index contributed by atoms with van der Waals surface area (Å²) >= 11 is 0. The van der Waals surface area contributed by atoms with Crippen molar-refractivity contribution in [2.24, 2.45) is 0 Å². The van der Waals surface area contributed by atoms with Crippen molar-refractivity contribution in [2.45, 2.75) is 12.1 Å². The summed E-state index contributed by atoms with van der Waals surface area (Å²) in [6.45, 7) is 1.37. The van der Waals surface area contributed by atoms with E-state index in [-0.39, 0.29) is 29.4 Å². The van der Waals surface area contributed by atoms with E-state index in [4.69, 9.17) is 4.74 Å². The van der Waals surface area contributed by atoms with Gasteiger partial charge in [-0.25, -0.2) is 0 Å². The average molecular weight is 237 g/mol. The van der Waals surface area contributed by atoms with Crippen molar-refractivity contribution in [2.75, 3.05) is 20.2 Å². The van der Waals surface area contributed by atoms with Crippen molar-refractivity contribution in [3.63, 3.8) is 0 Å². The van der Waals surface area contributed by atoms with E-state index in [1.54, 1.807) is 7.11 Å². The number of carbonyl (C=O) groups excluding carboxylic acids is 1. The molecule has 2 heterocycles. The van der Waals surface area contributed by atoms with Crippen LogP contribution in [0.2, 0.25) is 0 Å². The lowest BCUT2D eigenvalue weighted by Crippen LogP contribution is -2.43. The minimum atomic E-state index is -0.319. The maximum atomic E-state index is 11.9. The number of aromatic hydroxyl groups is 1. The quantitative estimate of drug-likeness (QED) is 0.660. The van der Waals surface area contributed by atoms with Gasteiger partial charge in [0.05, 0.1) is 23.9 Å². The summed E-state index contributed by atoms with van der Waals surface area (Å²) in [5.41, 5.74) is 0.224. The highest BCUT2D eigenvalue weighted by Crippen LogP contribution is 2.14. The first-order valence-electron chi connectivity index (χ1n) is 5.39. The Kier molecular flexibility index (Phi) is 3.55. The molecular formula is C11H15N3O3. The molecule has 0 bridgehead atoms. The summed E-state index contributed by atoms with van der Waals surface area (Å²) in [4.78, 5) is 15.6. The van der Waals surface area contributed by atoms with Gasteiger partial charge in [-0.1, -0.05) is 0 Å². The van der Waals surface area contributed by atoms with Crippen LogP contribution in [0.3, 0.4) is 0 Å². The highest BCUT2D eigenvalue weighted by Gasteiger charge is 2.28. The largest absolute Gasteiger partial charge is 0.505 e. The molecule has 2 rings (SSSR count). The van der Waals surface area contributed by atoms with Crippen LogP contribution in [-0.2, 0) is 4.74 Å². The van der Waals surface area contributed by atoms with Gasteiger partial charge >= 0.3 is 0 Å². The van der Waals surface area contributed by atoms with Gasteiger partial charge in [0.2, 0.25) is 0 Å². The molecule has 0 aromatic carbocycles. The van der Waals surface area contributed by atoms with Crippen molar-refractivity contribution in [3.05, 3.63) is 24.0 Å². The number of methoxy groups -OCH3 is 1. The van der Waals surface area contributed by atoms with E-state index in [1.165, 1.54) is 18.5 Å². The Morgan fingerprint density at radius 3 is 3.18 bits per heavy atom. The molecule has 2 atom stereocenters. The predicted molar refractivity (Wildman–Crippen MR) is 60.8 cm³/mol. The van der Waals surface area contributed by atoms with E-state index < -0.39 is 0 Å². The highest BCUT2D eigenvalue weighted by molar-refractivity contribution is 5.96. The van der Waals surface area contributed by atoms with Crippen LogP contribution in [0.4, 0.5) is 0 Å². The molecular weight excluding hydrogens is 222 g/mol. The Morgan fingerprint density at radius 1 is 1.65 bits per heavy atom. The van der Waals surface area contributed by atoms with E-state index in [1.807, 2.05) is 0 Å². The number of amides is 1. The molecule has 1 aliphatic rings. The first kappa shape index (κ1) is 11.8. The smallest absolute Gasteiger partial charge is 0.255 e. The Labute approximate surface area is 99.0 Å². The molecule has 92 valence electrons. The maximum Gasteiger partial charge on any atom is 0.255 e. The second kappa shape index (κ2) is 5.11. The summed E-state index contributed by atoms with van der Waals surface area (Å²) in [7, 11) is 1.61. The van der Waals surface area contributed by atoms with Gasteiger partial charge in [0, 0.05) is 26.4 Å². The van der Waals surface area contributed by atoms with E-state index in [2.05, 4.69) is 15.6 Å². The number of nitrogens with one attached hydrogen (secondary N) is 2. The molecule has 6 nitrogen and oxygen atoms in total. The van der Waals surface area contributed by atoms with Crippen molar-refractivity contribution in [1.82, 2.24) is 15.6 Å². The summed E-state index contributed by atoms with van der Waals surface area (Å²) in [6, 6.07) is 1.40. The van der Waals surface area contributed by atoms with Crippen LogP contribution < -0.4 is 10.6 Å². The standard InChI is InChI=1S/C11H15N3O3/c1-17-10-6-13-4-8(10)14-11(16)7-2-3-12-5-9(7)15/h2-3,5,8,10,13,15H,4,6H2,1H3,(H,14,16)/t8?,10-/m0/s1. The Bertz CT molecular complexity index is 411. The van der Waals surface area contributed by atoms with Crippen molar-refractivity contribution < 1.29 is 14.6 Å². The lowest BCUT2D eigenvalue weighted by atomic mass is 10.1. The van der Waals surface area contributed by atoms with Crippen LogP contribution in [-0.4, -0.2) is 48.3 Å². The molecule has 3 N–H and O–H groups in total. The highest BCUT2D eigenvalue weighted by atomic mass is 16.5. The Hall–Kier alpha value is -1.66. The second-order valence-corrected chi connectivity index (χ2v) is 3.91. The number of rotatable bonds is 3. The van der Waals surface area contributed by atoms with Crippen molar-refractivity contribution in [3.8, 4) is 5.75 Å². The monoisotopic (exact) mass is 237 g/mol. The van der Waals surface area contributed by atoms with Gasteiger partial charge in [-0.3, -0.25) is 9.78 Å². The summed E-state index contributed by atoms with van der Waals surface area (Å²) in [5.74, 6) is -0.439. The molecule has 1 fully saturated rings. The van der Waals surface area contributed by atoms with Crippen LogP contribution in [0.5, 0.6) is 5.75 Å². The first-order chi connectivity index (χ1) is 8.22. The lowest BCUT2D eigenvalue weighted by Gasteiger charge is -2.18. The fourth-order valence-corrected chi connectivity index (χ4v) is 1.87. The number of pyridine rings is 1. The van der Waals surface area contributed by atoms with Gasteiger partial charge in [0.1, 0.15) is 5.75 Å². The number of aromatic nitrogens is 1. The first-order valence-corrected chi connectivity index (χ1v) is 5.39. The molecule has 0 aliphatic carbocycles. The SMILES string of the molecule is CO[C@H]1CNCC1NC(=O)c1ccncc1O. The second-order valence-electron chi connectivity index (χ2n) is 3.91. The van der Waals surface area contributed by atoms with Gasteiger partial charge in [0.25, 0.3) is 5.91 Å². The third-order valence-electron chi connectivity index (χ3n) is 2.82. The minimum Gasteiger partial charge on any atom is -0.505 e. The molecule has 17 heavy (non-hydrogen) atoms. The van der Waals surface area contributed by atoms with Crippen LogP contribution >= 0.6 is 0 Å². The Balaban J connectivity index is 2.04. The number of hydrogen-bond acceptors (Lipinski definition) is 5. The zero-order valence-corrected chi connectivity index (χ0v) is 9.51. The van der Waals surface area contributed by atoms with Crippen LogP contribution in [0.15, 0.2) is 18.5 Å². The van der Waals surface area contributed by atoms with Gasteiger partial charge in [-0.2, -0.15) is 0 Å². The zero-order valence-electron chi connectivity index (χ0n) is 9.51. The molecule has 0 saturated carbocycles. The average Bonchev–Trinajstić information content (AvgIpc) is 2.76. The molecule has 1 unspecified atom stereocenters. The fourth-order valence-electron chi connectivity index (χ4n) is 1.87. The summed E-state index contributed by atoms with van der Waals surface area (Å²) in [6.07, 6.45) is 2.67. The molecule has 1 amide bonds. The number of nitrogens with zero attached hydrogens (tertiary/aromatic N) is 1. The molecule has 0 spiro atoms. The van der Waals surface area contributed by atoms with E-state index in [0.717, 1.165) is 0 Å². The summed E-state index contributed by atoms with van der Waals surface area (Å²) < 4.78 is 5.24. The van der Waals surface area contributed by atoms with Gasteiger partial charge in [-0.05, 0) is 6.07 Å². The summed E-state index contributed by atoms with van der Waals surface area (Å²) in [5, 5.41) is 15.5. The predicted octanol–water partition coefficient (Wildman–Crippen LogP) is -0.496. The molecule has 6 heteroatoms. The van der Waals surface area contributed by atoms with Crippen molar-refractivity contribution in [1.29, 1.82) is 0 Å². The van der Waals surface area contributed by atoms with Crippen molar-refractivity contribution >= 4 is 5.91 Å². The lowest BCUT2D eigenvalue weighted by molar-refractivity contribution is 0.0778. The number of carbonyl (C=O) groups is 1. The van der Waals surface area contributed by atoms with E-state index in [9.17, 15) is 9.90 Å². The van der Waals surface area contributed by atoms with Gasteiger partial charge < -0.3 is 20.5 Å². The van der Waals surface area contributed by atoms with Gasteiger partial charge in [0.15, 0.2) is 0 Å². The minimum absolute atomic E-state index is 0.0390. The molecule has 1 aliphatic heterocycles. The molecule has 1 saturated heterocycles. The molecule has 0 radical (unpaired) electrons. The fraction of sp³-hybridized carbons (Fsp3) is 0.455. The maximum absolute atomic E-state index is 11.9. The molecule has 1 aromatic heterocycles. The normalized spacial score (nSPS) is 23.6. The topological polar surface area (TPSA) is 83.5 Å². The molecule has 1 aromatic rings. The third-order valence-corrected chi connectivity index (χ3v) is 2.82. The van der Waals surface area contributed by atoms with Gasteiger partial charge in [-0.15, -0.1) is 0 Å². The number of ether oxygens (including phenoxy) is 1.